The Kier molecular flexibility index (Phi) is 4.71. The minimum atomic E-state index is -0.0636. The summed E-state index contributed by atoms with van der Waals surface area (Å²) < 4.78 is 0. The van der Waals surface area contributed by atoms with E-state index in [1.165, 1.54) is 0 Å². The molecular formula is C19H24N2O. The highest BCUT2D eigenvalue weighted by Crippen LogP contribution is 2.53. The van der Waals surface area contributed by atoms with Crippen LogP contribution < -0.4 is 4.90 Å². The second-order valence-electron chi connectivity index (χ2n) is 6.89. The van der Waals surface area contributed by atoms with Crippen molar-refractivity contribution in [2.45, 2.75) is 26.7 Å². The molecule has 2 atom stereocenters. The van der Waals surface area contributed by atoms with E-state index in [0.717, 1.165) is 17.7 Å². The molecule has 3 heteroatoms. The van der Waals surface area contributed by atoms with Gasteiger partial charge in [0.2, 0.25) is 0 Å². The van der Waals surface area contributed by atoms with Gasteiger partial charge in [-0.05, 0) is 41.5 Å². The molecule has 1 aliphatic carbocycles. The Hall–Kier alpha value is -2.08. The van der Waals surface area contributed by atoms with Gasteiger partial charge in [-0.15, -0.1) is 0 Å². The van der Waals surface area contributed by atoms with Crippen LogP contribution in [0.2, 0.25) is 0 Å². The molecule has 3 nitrogen and oxygen atoms in total. The molecule has 0 saturated heterocycles. The minimum Gasteiger partial charge on any atom is -0.378 e. The third kappa shape index (κ3) is 3.22. The first-order chi connectivity index (χ1) is 10.4. The maximum Gasteiger partial charge on any atom is 0.159 e. The van der Waals surface area contributed by atoms with Gasteiger partial charge < -0.3 is 4.90 Å². The lowest BCUT2D eigenvalue weighted by atomic mass is 9.52. The van der Waals surface area contributed by atoms with Gasteiger partial charge in [-0.2, -0.15) is 5.26 Å². The van der Waals surface area contributed by atoms with Crippen molar-refractivity contribution in [2.24, 2.45) is 17.3 Å². The molecule has 0 heterocycles. The maximum atomic E-state index is 12.4. The van der Waals surface area contributed by atoms with Gasteiger partial charge in [0, 0.05) is 32.1 Å². The Morgan fingerprint density at radius 3 is 2.50 bits per heavy atom. The topological polar surface area (TPSA) is 44.1 Å². The number of nitriles is 1. The monoisotopic (exact) mass is 296 g/mol. The van der Waals surface area contributed by atoms with E-state index in [0.29, 0.717) is 12.3 Å². The van der Waals surface area contributed by atoms with Crippen LogP contribution in [0.3, 0.4) is 0 Å². The molecule has 1 fully saturated rings. The Bertz CT molecular complexity index is 605. The molecule has 0 bridgehead atoms. The van der Waals surface area contributed by atoms with E-state index in [-0.39, 0.29) is 17.1 Å². The van der Waals surface area contributed by atoms with E-state index >= 15 is 0 Å². The Morgan fingerprint density at radius 1 is 1.36 bits per heavy atom. The van der Waals surface area contributed by atoms with Crippen LogP contribution in [0.1, 0.15) is 32.3 Å². The quantitative estimate of drug-likeness (QED) is 0.774. The first-order valence-electron chi connectivity index (χ1n) is 7.72. The minimum absolute atomic E-state index is 0.0446. The van der Waals surface area contributed by atoms with Crippen LogP contribution in [0.15, 0.2) is 30.3 Å². The van der Waals surface area contributed by atoms with Crippen LogP contribution in [0.4, 0.5) is 5.69 Å². The molecular weight excluding hydrogens is 272 g/mol. The Morgan fingerprint density at radius 2 is 2.00 bits per heavy atom. The van der Waals surface area contributed by atoms with E-state index in [4.69, 9.17) is 5.26 Å². The molecule has 1 saturated carbocycles. The van der Waals surface area contributed by atoms with Gasteiger partial charge in [-0.25, -0.2) is 0 Å². The van der Waals surface area contributed by atoms with E-state index in [9.17, 15) is 4.79 Å². The summed E-state index contributed by atoms with van der Waals surface area (Å²) >= 11 is 0. The molecule has 0 aliphatic heterocycles. The second-order valence-corrected chi connectivity index (χ2v) is 6.89. The number of ketones is 1. The fraction of sp³-hybridized carbons (Fsp3) is 0.474. The van der Waals surface area contributed by atoms with Gasteiger partial charge in [-0.1, -0.05) is 32.1 Å². The van der Waals surface area contributed by atoms with Crippen molar-refractivity contribution in [3.63, 3.8) is 0 Å². The number of benzene rings is 1. The largest absolute Gasteiger partial charge is 0.378 e. The van der Waals surface area contributed by atoms with Crippen LogP contribution in [0, 0.1) is 28.6 Å². The van der Waals surface area contributed by atoms with Gasteiger partial charge in [0.1, 0.15) is 0 Å². The van der Waals surface area contributed by atoms with E-state index in [1.807, 2.05) is 49.3 Å². The summed E-state index contributed by atoms with van der Waals surface area (Å²) in [4.78, 5) is 14.4. The lowest BCUT2D eigenvalue weighted by Gasteiger charge is -2.50. The third-order valence-electron chi connectivity index (χ3n) is 5.00. The lowest BCUT2D eigenvalue weighted by molar-refractivity contribution is -0.132. The van der Waals surface area contributed by atoms with Crippen molar-refractivity contribution in [3.05, 3.63) is 35.9 Å². The van der Waals surface area contributed by atoms with E-state index < -0.39 is 0 Å². The zero-order valence-electron chi connectivity index (χ0n) is 13.8. The van der Waals surface area contributed by atoms with Crippen molar-refractivity contribution >= 4 is 17.5 Å². The SMILES string of the molecule is CN(C)c1ccc(/C=C/C(=O)[C@@H]2C[C@H](CC#N)C2(C)C)cc1. The van der Waals surface area contributed by atoms with Crippen LogP contribution in [0.25, 0.3) is 6.08 Å². The van der Waals surface area contributed by atoms with E-state index in [1.54, 1.807) is 6.08 Å². The van der Waals surface area contributed by atoms with Crippen LogP contribution in [-0.2, 0) is 4.79 Å². The Labute approximate surface area is 133 Å². The highest BCUT2D eigenvalue weighted by molar-refractivity contribution is 5.96. The molecule has 0 N–H and O–H groups in total. The molecule has 1 aromatic rings. The van der Waals surface area contributed by atoms with Crippen molar-refractivity contribution in [1.29, 1.82) is 5.26 Å². The first-order valence-corrected chi connectivity index (χ1v) is 7.72. The smallest absolute Gasteiger partial charge is 0.159 e. The van der Waals surface area contributed by atoms with Gasteiger partial charge in [-0.3, -0.25) is 4.79 Å². The summed E-state index contributed by atoms with van der Waals surface area (Å²) in [5.74, 6) is 0.568. The molecule has 1 aliphatic rings. The standard InChI is InChI=1S/C19H24N2O/c1-19(2)15(11-12-20)13-17(19)18(22)10-7-14-5-8-16(9-6-14)21(3)4/h5-10,15,17H,11,13H2,1-4H3/b10-7+/t15-,17-/m0/s1. The average molecular weight is 296 g/mol. The lowest BCUT2D eigenvalue weighted by Crippen LogP contribution is -2.48. The van der Waals surface area contributed by atoms with Crippen molar-refractivity contribution in [1.82, 2.24) is 0 Å². The van der Waals surface area contributed by atoms with E-state index in [2.05, 4.69) is 19.9 Å². The number of anilines is 1. The third-order valence-corrected chi connectivity index (χ3v) is 5.00. The number of carbonyl (C=O) groups is 1. The fourth-order valence-electron chi connectivity index (χ4n) is 3.13. The average Bonchev–Trinajstić information content (AvgIpc) is 2.49. The number of hydrogen-bond acceptors (Lipinski definition) is 3. The van der Waals surface area contributed by atoms with Crippen molar-refractivity contribution < 1.29 is 4.79 Å². The zero-order chi connectivity index (χ0) is 16.3. The molecule has 0 amide bonds. The predicted octanol–water partition coefficient (Wildman–Crippen LogP) is 3.91. The van der Waals surface area contributed by atoms with Gasteiger partial charge >= 0.3 is 0 Å². The van der Waals surface area contributed by atoms with Crippen LogP contribution in [0.5, 0.6) is 0 Å². The van der Waals surface area contributed by atoms with Crippen LogP contribution >= 0.6 is 0 Å². The normalized spacial score (nSPS) is 22.9. The summed E-state index contributed by atoms with van der Waals surface area (Å²) in [6.45, 7) is 4.20. The number of carbonyl (C=O) groups excluding carboxylic acids is 1. The molecule has 0 radical (unpaired) electrons. The predicted molar refractivity (Wildman–Crippen MR) is 90.4 cm³/mol. The Balaban J connectivity index is 1.99. The highest BCUT2D eigenvalue weighted by atomic mass is 16.1. The van der Waals surface area contributed by atoms with Crippen molar-refractivity contribution in [3.8, 4) is 6.07 Å². The molecule has 0 spiro atoms. The second kappa shape index (κ2) is 6.36. The summed E-state index contributed by atoms with van der Waals surface area (Å²) in [7, 11) is 4.01. The first kappa shape index (κ1) is 16.3. The number of allylic oxidation sites excluding steroid dienone is 1. The van der Waals surface area contributed by atoms with Gasteiger partial charge in [0.25, 0.3) is 0 Å². The summed E-state index contributed by atoms with van der Waals surface area (Å²) in [5.41, 5.74) is 2.11. The fourth-order valence-corrected chi connectivity index (χ4v) is 3.13. The number of rotatable bonds is 5. The zero-order valence-corrected chi connectivity index (χ0v) is 13.8. The number of hydrogen-bond donors (Lipinski definition) is 0. The molecule has 0 aromatic heterocycles. The summed E-state index contributed by atoms with van der Waals surface area (Å²) in [6, 6.07) is 10.3. The molecule has 2 rings (SSSR count). The van der Waals surface area contributed by atoms with Crippen LogP contribution in [-0.4, -0.2) is 19.9 Å². The molecule has 0 unspecified atom stereocenters. The molecule has 116 valence electrons. The van der Waals surface area contributed by atoms with Crippen molar-refractivity contribution in [2.75, 3.05) is 19.0 Å². The summed E-state index contributed by atoms with van der Waals surface area (Å²) in [6.07, 6.45) is 4.96. The summed E-state index contributed by atoms with van der Waals surface area (Å²) in [5, 5.41) is 8.82. The molecule has 1 aromatic carbocycles. The maximum absolute atomic E-state index is 12.4. The number of nitrogens with zero attached hydrogens (tertiary/aromatic N) is 2. The van der Waals surface area contributed by atoms with Gasteiger partial charge in [0.15, 0.2) is 5.78 Å². The highest BCUT2D eigenvalue weighted by Gasteiger charge is 2.50. The molecule has 22 heavy (non-hydrogen) atoms. The van der Waals surface area contributed by atoms with Gasteiger partial charge in [0.05, 0.1) is 6.07 Å².